The van der Waals surface area contributed by atoms with Crippen LogP contribution in [0, 0.1) is 10.1 Å². The zero-order valence-electron chi connectivity index (χ0n) is 11.3. The summed E-state index contributed by atoms with van der Waals surface area (Å²) in [5.41, 5.74) is 0.937. The van der Waals surface area contributed by atoms with E-state index in [0.29, 0.717) is 11.1 Å². The second-order valence-corrected chi connectivity index (χ2v) is 4.54. The van der Waals surface area contributed by atoms with Crippen molar-refractivity contribution in [1.82, 2.24) is 5.32 Å². The average molecular weight is 286 g/mol. The van der Waals surface area contributed by atoms with E-state index < -0.39 is 11.0 Å². The number of phenolic OH excluding ortho intramolecular Hbond substituents is 1. The van der Waals surface area contributed by atoms with E-state index >= 15 is 0 Å². The topological polar surface area (TPSA) is 92.5 Å². The highest BCUT2D eigenvalue weighted by Crippen LogP contribution is 2.30. The van der Waals surface area contributed by atoms with Gasteiger partial charge < -0.3 is 10.4 Å². The number of nitro groups is 1. The third kappa shape index (κ3) is 3.36. The summed E-state index contributed by atoms with van der Waals surface area (Å²) in [4.78, 5) is 21.8. The molecule has 0 heterocycles. The number of nitrogens with one attached hydrogen (secondary N) is 1. The standard InChI is InChI=1S/C15H14N2O4/c1-10(18)16-15(13-7-2-3-8-14(13)19)11-5-4-6-12(9-11)17(20)21/h2-9,15,19H,1H3,(H,16,18). The number of nitro benzene ring substituents is 1. The van der Waals surface area contributed by atoms with Crippen LogP contribution in [0.1, 0.15) is 24.1 Å². The zero-order valence-corrected chi connectivity index (χ0v) is 11.3. The third-order valence-corrected chi connectivity index (χ3v) is 3.01. The van der Waals surface area contributed by atoms with Gasteiger partial charge in [0.25, 0.3) is 5.69 Å². The molecule has 2 N–H and O–H groups in total. The van der Waals surface area contributed by atoms with Gasteiger partial charge in [-0.3, -0.25) is 14.9 Å². The third-order valence-electron chi connectivity index (χ3n) is 3.01. The van der Waals surface area contributed by atoms with Gasteiger partial charge in [-0.25, -0.2) is 0 Å². The number of rotatable bonds is 4. The summed E-state index contributed by atoms with van der Waals surface area (Å²) < 4.78 is 0. The van der Waals surface area contributed by atoms with Crippen molar-refractivity contribution in [3.05, 3.63) is 69.8 Å². The number of phenols is 1. The first-order valence-electron chi connectivity index (χ1n) is 6.28. The lowest BCUT2D eigenvalue weighted by molar-refractivity contribution is -0.384. The van der Waals surface area contributed by atoms with Crippen LogP contribution < -0.4 is 5.32 Å². The van der Waals surface area contributed by atoms with Crippen LogP contribution in [0.25, 0.3) is 0 Å². The maximum Gasteiger partial charge on any atom is 0.269 e. The minimum atomic E-state index is -0.649. The number of benzene rings is 2. The number of carbonyl (C=O) groups excluding carboxylic acids is 1. The Bertz CT molecular complexity index is 685. The van der Waals surface area contributed by atoms with E-state index in [1.165, 1.54) is 25.1 Å². The number of para-hydroxylation sites is 1. The lowest BCUT2D eigenvalue weighted by atomic mass is 9.97. The number of hydrogen-bond acceptors (Lipinski definition) is 4. The van der Waals surface area contributed by atoms with E-state index in [1.54, 1.807) is 30.3 Å². The Kier molecular flexibility index (Phi) is 4.18. The fraction of sp³-hybridized carbons (Fsp3) is 0.133. The summed E-state index contributed by atoms with van der Waals surface area (Å²) in [5, 5.41) is 23.5. The Hall–Kier alpha value is -2.89. The van der Waals surface area contributed by atoms with Crippen LogP contribution in [0.3, 0.4) is 0 Å². The number of amides is 1. The number of nitrogens with zero attached hydrogens (tertiary/aromatic N) is 1. The number of aromatic hydroxyl groups is 1. The molecule has 108 valence electrons. The molecule has 2 aromatic carbocycles. The summed E-state index contributed by atoms with van der Waals surface area (Å²) in [6, 6.07) is 11.9. The second-order valence-electron chi connectivity index (χ2n) is 4.54. The number of non-ortho nitro benzene ring substituents is 1. The molecule has 1 unspecified atom stereocenters. The van der Waals surface area contributed by atoms with Crippen LogP contribution in [0.4, 0.5) is 5.69 Å². The van der Waals surface area contributed by atoms with E-state index in [2.05, 4.69) is 5.32 Å². The summed E-state index contributed by atoms with van der Waals surface area (Å²) in [6.07, 6.45) is 0. The molecule has 0 aliphatic heterocycles. The van der Waals surface area contributed by atoms with Crippen molar-refractivity contribution in [2.24, 2.45) is 0 Å². The first-order chi connectivity index (χ1) is 9.99. The van der Waals surface area contributed by atoms with Crippen molar-refractivity contribution in [2.45, 2.75) is 13.0 Å². The lowest BCUT2D eigenvalue weighted by Crippen LogP contribution is -2.27. The fourth-order valence-electron chi connectivity index (χ4n) is 2.09. The van der Waals surface area contributed by atoms with Gasteiger partial charge in [-0.2, -0.15) is 0 Å². The molecule has 6 nitrogen and oxygen atoms in total. The monoisotopic (exact) mass is 286 g/mol. The molecule has 21 heavy (non-hydrogen) atoms. The first-order valence-corrected chi connectivity index (χ1v) is 6.28. The molecule has 2 aromatic rings. The molecular formula is C15H14N2O4. The molecule has 0 spiro atoms. The van der Waals surface area contributed by atoms with Gasteiger partial charge in [0.15, 0.2) is 0 Å². The molecule has 6 heteroatoms. The van der Waals surface area contributed by atoms with Crippen LogP contribution in [-0.4, -0.2) is 15.9 Å². The molecule has 2 rings (SSSR count). The lowest BCUT2D eigenvalue weighted by Gasteiger charge is -2.19. The highest BCUT2D eigenvalue weighted by atomic mass is 16.6. The molecule has 0 fully saturated rings. The quantitative estimate of drug-likeness (QED) is 0.667. The Morgan fingerprint density at radius 1 is 1.24 bits per heavy atom. The van der Waals surface area contributed by atoms with Crippen molar-refractivity contribution in [2.75, 3.05) is 0 Å². The molecule has 0 saturated heterocycles. The van der Waals surface area contributed by atoms with Crippen LogP contribution in [0.5, 0.6) is 5.75 Å². The zero-order chi connectivity index (χ0) is 15.4. The predicted molar refractivity (Wildman–Crippen MR) is 76.9 cm³/mol. The normalized spacial score (nSPS) is 11.7. The van der Waals surface area contributed by atoms with Crippen molar-refractivity contribution in [3.8, 4) is 5.75 Å². The van der Waals surface area contributed by atoms with E-state index in [4.69, 9.17) is 0 Å². The summed E-state index contributed by atoms with van der Waals surface area (Å²) in [7, 11) is 0. The Labute approximate surface area is 121 Å². The van der Waals surface area contributed by atoms with Crippen LogP contribution >= 0.6 is 0 Å². The van der Waals surface area contributed by atoms with Gasteiger partial charge in [0.1, 0.15) is 5.75 Å². The van der Waals surface area contributed by atoms with Gasteiger partial charge in [-0.15, -0.1) is 0 Å². The van der Waals surface area contributed by atoms with Crippen LogP contribution in [0.15, 0.2) is 48.5 Å². The minimum Gasteiger partial charge on any atom is -0.508 e. The van der Waals surface area contributed by atoms with E-state index in [1.807, 2.05) is 0 Å². The van der Waals surface area contributed by atoms with Crippen LogP contribution in [-0.2, 0) is 4.79 Å². The Morgan fingerprint density at radius 2 is 1.95 bits per heavy atom. The molecule has 0 saturated carbocycles. The van der Waals surface area contributed by atoms with Gasteiger partial charge in [-0.1, -0.05) is 30.3 Å². The molecule has 1 amide bonds. The Morgan fingerprint density at radius 3 is 2.57 bits per heavy atom. The first kappa shape index (κ1) is 14.5. The van der Waals surface area contributed by atoms with E-state index in [0.717, 1.165) is 0 Å². The summed E-state index contributed by atoms with van der Waals surface area (Å²) in [6.45, 7) is 1.35. The van der Waals surface area contributed by atoms with E-state index in [9.17, 15) is 20.0 Å². The average Bonchev–Trinajstić information content (AvgIpc) is 2.45. The number of hydrogen-bond donors (Lipinski definition) is 2. The van der Waals surface area contributed by atoms with Crippen LogP contribution in [0.2, 0.25) is 0 Å². The van der Waals surface area contributed by atoms with Crippen molar-refractivity contribution < 1.29 is 14.8 Å². The van der Waals surface area contributed by atoms with Gasteiger partial charge >= 0.3 is 0 Å². The van der Waals surface area contributed by atoms with E-state index in [-0.39, 0.29) is 17.3 Å². The summed E-state index contributed by atoms with van der Waals surface area (Å²) >= 11 is 0. The largest absolute Gasteiger partial charge is 0.508 e. The fourth-order valence-corrected chi connectivity index (χ4v) is 2.09. The van der Waals surface area contributed by atoms with Gasteiger partial charge in [-0.05, 0) is 11.6 Å². The molecule has 0 aromatic heterocycles. The maximum atomic E-state index is 11.4. The predicted octanol–water partition coefficient (Wildman–Crippen LogP) is 2.53. The smallest absolute Gasteiger partial charge is 0.269 e. The second kappa shape index (κ2) is 6.04. The molecule has 0 aliphatic carbocycles. The highest BCUT2D eigenvalue weighted by Gasteiger charge is 2.20. The number of carbonyl (C=O) groups is 1. The van der Waals surface area contributed by atoms with Crippen molar-refractivity contribution in [1.29, 1.82) is 0 Å². The molecular weight excluding hydrogens is 272 g/mol. The molecule has 0 aliphatic rings. The minimum absolute atomic E-state index is 0.0164. The summed E-state index contributed by atoms with van der Waals surface area (Å²) in [5.74, 6) is -0.280. The molecule has 1 atom stereocenters. The Balaban J connectivity index is 2.50. The van der Waals surface area contributed by atoms with Crippen molar-refractivity contribution >= 4 is 11.6 Å². The highest BCUT2D eigenvalue weighted by molar-refractivity contribution is 5.74. The van der Waals surface area contributed by atoms with Gasteiger partial charge in [0.05, 0.1) is 11.0 Å². The maximum absolute atomic E-state index is 11.4. The van der Waals surface area contributed by atoms with Crippen molar-refractivity contribution in [3.63, 3.8) is 0 Å². The molecule has 0 radical (unpaired) electrons. The van der Waals surface area contributed by atoms with Gasteiger partial charge in [0.2, 0.25) is 5.91 Å². The SMILES string of the molecule is CC(=O)NC(c1cccc([N+](=O)[O-])c1)c1ccccc1O. The molecule has 0 bridgehead atoms. The van der Waals surface area contributed by atoms with Gasteiger partial charge in [0, 0.05) is 24.6 Å².